The third-order valence-electron chi connectivity index (χ3n) is 1.94. The molecule has 2 nitrogen and oxygen atoms in total. The lowest BCUT2D eigenvalue weighted by Gasteiger charge is -2.08. The summed E-state index contributed by atoms with van der Waals surface area (Å²) in [6.45, 7) is 5.82. The Balaban J connectivity index is 0.00000121. The predicted octanol–water partition coefficient (Wildman–Crippen LogP) is 4.56. The van der Waals surface area contributed by atoms with Crippen molar-refractivity contribution in [2.24, 2.45) is 0 Å². The van der Waals surface area contributed by atoms with Gasteiger partial charge in [0.05, 0.1) is 4.90 Å². The van der Waals surface area contributed by atoms with Crippen molar-refractivity contribution in [2.75, 3.05) is 0 Å². The fourth-order valence-corrected chi connectivity index (χ4v) is 2.26. The molecular formula is C11H16ClF2NOS. The van der Waals surface area contributed by atoms with Crippen LogP contribution in [-0.4, -0.2) is 9.97 Å². The average molecular weight is 284 g/mol. The summed E-state index contributed by atoms with van der Waals surface area (Å²) in [5, 5.41) is 0.227. The van der Waals surface area contributed by atoms with E-state index in [0.717, 1.165) is 6.07 Å². The number of benzene rings is 1. The Hall–Kier alpha value is -0.680. The molecular weight excluding hydrogens is 268 g/mol. The van der Waals surface area contributed by atoms with Crippen molar-refractivity contribution in [1.82, 2.24) is 0 Å². The summed E-state index contributed by atoms with van der Waals surface area (Å²) in [6.07, 6.45) is 0.590. The van der Waals surface area contributed by atoms with Crippen molar-refractivity contribution < 1.29 is 13.0 Å². The van der Waals surface area contributed by atoms with Crippen LogP contribution < -0.4 is 0 Å². The van der Waals surface area contributed by atoms with E-state index in [2.05, 4.69) is 0 Å². The molecule has 1 aromatic carbocycles. The van der Waals surface area contributed by atoms with E-state index in [4.69, 9.17) is 16.4 Å². The Labute approximate surface area is 106 Å². The quantitative estimate of drug-likeness (QED) is 0.868. The highest BCUT2D eigenvalue weighted by atomic mass is 35.5. The Kier molecular flexibility index (Phi) is 6.64. The second kappa shape index (κ2) is 6.91. The largest absolute Gasteiger partial charge is 0.323 e. The zero-order chi connectivity index (χ0) is 13.6. The number of nitrogens with one attached hydrogen (secondary N) is 1. The van der Waals surface area contributed by atoms with Gasteiger partial charge in [0.1, 0.15) is 9.73 Å². The molecule has 0 fully saturated rings. The van der Waals surface area contributed by atoms with Gasteiger partial charge in [-0.15, -0.1) is 0 Å². The molecule has 0 aliphatic rings. The van der Waals surface area contributed by atoms with Crippen LogP contribution in [0.25, 0.3) is 0 Å². The smallest absolute Gasteiger partial charge is 0.244 e. The van der Waals surface area contributed by atoms with E-state index in [1.54, 1.807) is 6.07 Å². The van der Waals surface area contributed by atoms with Gasteiger partial charge < -0.3 is 0 Å². The first-order chi connectivity index (χ1) is 7.87. The van der Waals surface area contributed by atoms with Crippen molar-refractivity contribution in [3.05, 3.63) is 28.8 Å². The van der Waals surface area contributed by atoms with Crippen LogP contribution in [-0.2, 0) is 16.1 Å². The van der Waals surface area contributed by atoms with Crippen molar-refractivity contribution >= 4 is 21.3 Å². The second-order valence-corrected chi connectivity index (χ2v) is 5.48. The summed E-state index contributed by atoms with van der Waals surface area (Å²) < 4.78 is 43.2. The first kappa shape index (κ1) is 16.3. The summed E-state index contributed by atoms with van der Waals surface area (Å²) in [4.78, 5) is -0.207. The predicted molar refractivity (Wildman–Crippen MR) is 67.3 cm³/mol. The van der Waals surface area contributed by atoms with E-state index >= 15 is 0 Å². The third kappa shape index (κ3) is 4.24. The molecule has 1 aromatic rings. The van der Waals surface area contributed by atoms with Gasteiger partial charge in [0.25, 0.3) is 0 Å². The minimum Gasteiger partial charge on any atom is -0.244 e. The highest BCUT2D eigenvalue weighted by Crippen LogP contribution is 2.24. The van der Waals surface area contributed by atoms with E-state index < -0.39 is 15.5 Å². The molecule has 1 N–H and O–H groups in total. The number of hydrogen-bond donors (Lipinski definition) is 1. The van der Waals surface area contributed by atoms with E-state index in [0.29, 0.717) is 12.0 Å². The molecule has 0 saturated heterocycles. The van der Waals surface area contributed by atoms with Crippen LogP contribution in [0.5, 0.6) is 0 Å². The van der Waals surface area contributed by atoms with Crippen LogP contribution in [0.4, 0.5) is 8.78 Å². The molecule has 0 heterocycles. The van der Waals surface area contributed by atoms with Crippen LogP contribution >= 0.6 is 11.6 Å². The van der Waals surface area contributed by atoms with E-state index in [9.17, 15) is 13.0 Å². The van der Waals surface area contributed by atoms with Crippen LogP contribution in [0.1, 0.15) is 26.3 Å². The molecule has 1 unspecified atom stereocenters. The van der Waals surface area contributed by atoms with Crippen LogP contribution in [0.15, 0.2) is 23.1 Å². The summed E-state index contributed by atoms with van der Waals surface area (Å²) in [5.74, 6) is -3.19. The molecule has 0 aliphatic carbocycles. The van der Waals surface area contributed by atoms with Gasteiger partial charge in [0.2, 0.25) is 0 Å². The van der Waals surface area contributed by atoms with Crippen molar-refractivity contribution in [3.8, 4) is 0 Å². The molecule has 6 heteroatoms. The summed E-state index contributed by atoms with van der Waals surface area (Å²) in [5.41, 5.74) is 0.693. The van der Waals surface area contributed by atoms with Crippen molar-refractivity contribution in [3.63, 3.8) is 0 Å². The van der Waals surface area contributed by atoms with E-state index in [-0.39, 0.29) is 9.92 Å². The van der Waals surface area contributed by atoms with Crippen LogP contribution in [0, 0.1) is 4.78 Å². The first-order valence-corrected chi connectivity index (χ1v) is 7.23. The Morgan fingerprint density at radius 1 is 1.35 bits per heavy atom. The van der Waals surface area contributed by atoms with Gasteiger partial charge in [0.15, 0.2) is 0 Å². The first-order valence-electron chi connectivity index (χ1n) is 5.23. The number of aryl methyl sites for hydroxylation is 1. The van der Waals surface area contributed by atoms with Gasteiger partial charge in [-0.1, -0.05) is 32.4 Å². The normalized spacial score (nSPS) is 13.8. The average Bonchev–Trinajstić information content (AvgIpc) is 2.30. The summed E-state index contributed by atoms with van der Waals surface area (Å²) in [7, 11) is -4.05. The molecule has 0 aliphatic heterocycles. The fourth-order valence-electron chi connectivity index (χ4n) is 1.10. The summed E-state index contributed by atoms with van der Waals surface area (Å²) in [6, 6.07) is 4.10. The molecule has 0 amide bonds. The molecule has 0 bridgehead atoms. The van der Waals surface area contributed by atoms with Crippen molar-refractivity contribution in [2.45, 2.75) is 37.8 Å². The third-order valence-corrected chi connectivity index (χ3v) is 3.60. The maximum absolute atomic E-state index is 12.4. The topological polar surface area (TPSA) is 40.9 Å². The Bertz CT molecular complexity index is 461. The highest BCUT2D eigenvalue weighted by molar-refractivity contribution is 7.92. The fraction of sp³-hybridized carbons (Fsp3) is 0.455. The van der Waals surface area contributed by atoms with Gasteiger partial charge in [-0.25, -0.2) is 8.99 Å². The van der Waals surface area contributed by atoms with Gasteiger partial charge in [0, 0.05) is 5.02 Å². The molecule has 0 spiro atoms. The number of halogens is 3. The van der Waals surface area contributed by atoms with Crippen LogP contribution in [0.2, 0.25) is 5.02 Å². The van der Waals surface area contributed by atoms with E-state index in [1.807, 2.05) is 20.8 Å². The second-order valence-electron chi connectivity index (χ2n) is 3.01. The highest BCUT2D eigenvalue weighted by Gasteiger charge is 2.22. The molecule has 17 heavy (non-hydrogen) atoms. The van der Waals surface area contributed by atoms with E-state index in [1.165, 1.54) is 6.07 Å². The summed E-state index contributed by atoms with van der Waals surface area (Å²) >= 11 is 5.69. The molecule has 0 saturated carbocycles. The maximum atomic E-state index is 12.4. The standard InChI is InChI=1S/C9H10ClF2NOS.C2H6/c1-2-6-3-7(10)5-8(4-6)15(13,14)9(11)12;1-2/h3-5,9,13H,2H2,1H3;1-2H3. The van der Waals surface area contributed by atoms with Gasteiger partial charge in [-0.2, -0.15) is 8.78 Å². The van der Waals surface area contributed by atoms with Gasteiger partial charge in [-0.3, -0.25) is 0 Å². The Morgan fingerprint density at radius 3 is 2.29 bits per heavy atom. The SMILES string of the molecule is CC.CCc1cc(Cl)cc(S(=N)(=O)C(F)F)c1. The maximum Gasteiger partial charge on any atom is 0.323 e. The lowest BCUT2D eigenvalue weighted by atomic mass is 10.2. The number of alkyl halides is 2. The van der Waals surface area contributed by atoms with Gasteiger partial charge >= 0.3 is 5.76 Å². The zero-order valence-corrected chi connectivity index (χ0v) is 11.5. The number of rotatable bonds is 3. The molecule has 1 atom stereocenters. The molecule has 1 rings (SSSR count). The Morgan fingerprint density at radius 2 is 1.88 bits per heavy atom. The molecule has 0 aromatic heterocycles. The lowest BCUT2D eigenvalue weighted by Crippen LogP contribution is -2.09. The number of hydrogen-bond acceptors (Lipinski definition) is 2. The molecule has 0 radical (unpaired) electrons. The molecule has 98 valence electrons. The minimum atomic E-state index is -4.05. The van der Waals surface area contributed by atoms with Crippen LogP contribution in [0.3, 0.4) is 0 Å². The monoisotopic (exact) mass is 283 g/mol. The zero-order valence-electron chi connectivity index (χ0n) is 9.97. The van der Waals surface area contributed by atoms with Crippen molar-refractivity contribution in [1.29, 1.82) is 4.78 Å². The van der Waals surface area contributed by atoms with Gasteiger partial charge in [-0.05, 0) is 30.2 Å². The minimum absolute atomic E-state index is 0.207. The lowest BCUT2D eigenvalue weighted by molar-refractivity contribution is 0.241.